The highest BCUT2D eigenvalue weighted by Crippen LogP contribution is 2.28. The maximum absolute atomic E-state index is 11.2. The van der Waals surface area contributed by atoms with E-state index in [0.29, 0.717) is 0 Å². The molecule has 2 heterocycles. The monoisotopic (exact) mass is 259 g/mol. The molecule has 3 N–H and O–H groups in total. The molecule has 0 bridgehead atoms. The van der Waals surface area contributed by atoms with E-state index in [1.54, 1.807) is 0 Å². The number of nitrogens with zero attached hydrogens (tertiary/aromatic N) is 3. The second kappa shape index (κ2) is 4.98. The highest BCUT2D eigenvalue weighted by Gasteiger charge is 2.44. The van der Waals surface area contributed by atoms with Gasteiger partial charge >= 0.3 is 5.97 Å². The van der Waals surface area contributed by atoms with E-state index in [1.165, 1.54) is 13.4 Å². The molecule has 1 aliphatic rings. The van der Waals surface area contributed by atoms with Crippen LogP contribution in [0, 0.1) is 0 Å². The molecule has 1 fully saturated rings. The second-order valence-electron chi connectivity index (χ2n) is 3.77. The molecule has 18 heavy (non-hydrogen) atoms. The van der Waals surface area contributed by atoms with Gasteiger partial charge in [0.1, 0.15) is 24.6 Å². The summed E-state index contributed by atoms with van der Waals surface area (Å²) in [6, 6.07) is 0. The van der Waals surface area contributed by atoms with Crippen LogP contribution in [0.2, 0.25) is 0 Å². The normalized spacial score (nSPS) is 31.6. The lowest BCUT2D eigenvalue weighted by Gasteiger charge is -2.13. The number of aliphatic hydroxyl groups excluding tert-OH is 3. The largest absolute Gasteiger partial charge is 0.463 e. The maximum atomic E-state index is 11.2. The molecule has 1 unspecified atom stereocenters. The first-order chi connectivity index (χ1) is 8.58. The van der Waals surface area contributed by atoms with Crippen LogP contribution in [-0.4, -0.2) is 68.1 Å². The number of aliphatic hydroxyl groups is 3. The average Bonchev–Trinajstić information content (AvgIpc) is 2.96. The van der Waals surface area contributed by atoms with Gasteiger partial charge in [0.2, 0.25) is 0 Å². The lowest BCUT2D eigenvalue weighted by Crippen LogP contribution is -2.33. The van der Waals surface area contributed by atoms with E-state index in [2.05, 4.69) is 14.8 Å². The molecule has 2 rings (SSSR count). The third kappa shape index (κ3) is 2.08. The quantitative estimate of drug-likeness (QED) is 0.516. The van der Waals surface area contributed by atoms with Gasteiger partial charge in [-0.1, -0.05) is 0 Å². The fourth-order valence-corrected chi connectivity index (χ4v) is 1.68. The van der Waals surface area contributed by atoms with Crippen LogP contribution in [0.15, 0.2) is 6.33 Å². The summed E-state index contributed by atoms with van der Waals surface area (Å²) in [7, 11) is 1.19. The van der Waals surface area contributed by atoms with E-state index >= 15 is 0 Å². The predicted molar refractivity (Wildman–Crippen MR) is 54.4 cm³/mol. The number of carbonyl (C=O) groups is 1. The molecule has 9 nitrogen and oxygen atoms in total. The third-order valence-electron chi connectivity index (χ3n) is 2.65. The van der Waals surface area contributed by atoms with Gasteiger partial charge in [-0.25, -0.2) is 14.5 Å². The van der Waals surface area contributed by atoms with Crippen molar-refractivity contribution < 1.29 is 29.6 Å². The van der Waals surface area contributed by atoms with Gasteiger partial charge in [-0.3, -0.25) is 0 Å². The van der Waals surface area contributed by atoms with Crippen LogP contribution in [0.1, 0.15) is 16.8 Å². The Morgan fingerprint density at radius 3 is 2.83 bits per heavy atom. The highest BCUT2D eigenvalue weighted by molar-refractivity contribution is 5.84. The van der Waals surface area contributed by atoms with Crippen molar-refractivity contribution in [1.29, 1.82) is 0 Å². The molecule has 0 saturated carbocycles. The van der Waals surface area contributed by atoms with Crippen molar-refractivity contribution in [1.82, 2.24) is 14.8 Å². The Morgan fingerprint density at radius 2 is 2.28 bits per heavy atom. The Kier molecular flexibility index (Phi) is 3.57. The minimum Gasteiger partial charge on any atom is -0.463 e. The number of ether oxygens (including phenoxy) is 2. The van der Waals surface area contributed by atoms with Gasteiger partial charge in [-0.05, 0) is 0 Å². The van der Waals surface area contributed by atoms with Crippen LogP contribution in [0.5, 0.6) is 0 Å². The van der Waals surface area contributed by atoms with Crippen molar-refractivity contribution in [3.8, 4) is 0 Å². The molecule has 0 aromatic carbocycles. The van der Waals surface area contributed by atoms with Crippen LogP contribution >= 0.6 is 0 Å². The van der Waals surface area contributed by atoms with Gasteiger partial charge in [0.15, 0.2) is 6.23 Å². The standard InChI is InChI=1S/C9H13N3O6/c1-17-9(16)7-10-3-12(11-7)8-6(15)5(14)4(2-13)18-8/h3-6,8,13-15H,2H2,1H3/t4-,5?,6+,8-/m1/s1. The van der Waals surface area contributed by atoms with Gasteiger partial charge in [-0.2, -0.15) is 0 Å². The van der Waals surface area contributed by atoms with Gasteiger partial charge in [0.05, 0.1) is 13.7 Å². The fraction of sp³-hybridized carbons (Fsp3) is 0.667. The lowest BCUT2D eigenvalue weighted by molar-refractivity contribution is -0.0589. The molecule has 4 atom stereocenters. The van der Waals surface area contributed by atoms with Crippen LogP contribution in [0.4, 0.5) is 0 Å². The second-order valence-corrected chi connectivity index (χ2v) is 3.77. The number of rotatable bonds is 3. The summed E-state index contributed by atoms with van der Waals surface area (Å²) in [6.45, 7) is -0.437. The zero-order valence-electron chi connectivity index (χ0n) is 9.50. The van der Waals surface area contributed by atoms with Crippen molar-refractivity contribution in [2.45, 2.75) is 24.5 Å². The average molecular weight is 259 g/mol. The van der Waals surface area contributed by atoms with Gasteiger partial charge in [-0.15, -0.1) is 5.10 Å². The van der Waals surface area contributed by atoms with Crippen LogP contribution in [0.3, 0.4) is 0 Å². The molecular weight excluding hydrogens is 246 g/mol. The van der Waals surface area contributed by atoms with E-state index in [-0.39, 0.29) is 5.82 Å². The summed E-state index contributed by atoms with van der Waals surface area (Å²) in [5.74, 6) is -0.907. The summed E-state index contributed by atoms with van der Waals surface area (Å²) >= 11 is 0. The number of methoxy groups -OCH3 is 1. The molecule has 1 aromatic rings. The SMILES string of the molecule is COC(=O)c1ncn([C@@H]2O[C@H](CO)C(O)[C@@H]2O)n1. The molecule has 9 heteroatoms. The Hall–Kier alpha value is -1.55. The molecule has 1 aromatic heterocycles. The lowest BCUT2D eigenvalue weighted by atomic mass is 10.1. The first kappa shape index (κ1) is 12.9. The summed E-state index contributed by atoms with van der Waals surface area (Å²) in [4.78, 5) is 14.8. The molecule has 0 spiro atoms. The summed E-state index contributed by atoms with van der Waals surface area (Å²) in [6.07, 6.45) is -3.24. The van der Waals surface area contributed by atoms with Gasteiger partial charge in [0, 0.05) is 0 Å². The van der Waals surface area contributed by atoms with Gasteiger partial charge < -0.3 is 24.8 Å². The molecule has 1 saturated heterocycles. The van der Waals surface area contributed by atoms with Crippen molar-refractivity contribution in [3.05, 3.63) is 12.2 Å². The molecule has 1 aliphatic heterocycles. The van der Waals surface area contributed by atoms with Crippen LogP contribution < -0.4 is 0 Å². The topological polar surface area (TPSA) is 127 Å². The van der Waals surface area contributed by atoms with Crippen LogP contribution in [0.25, 0.3) is 0 Å². The van der Waals surface area contributed by atoms with Gasteiger partial charge in [0.25, 0.3) is 5.82 Å². The fourth-order valence-electron chi connectivity index (χ4n) is 1.68. The summed E-state index contributed by atoms with van der Waals surface area (Å²) in [5.41, 5.74) is 0. The molecule has 0 radical (unpaired) electrons. The third-order valence-corrected chi connectivity index (χ3v) is 2.65. The van der Waals surface area contributed by atoms with E-state index in [1.807, 2.05) is 0 Å². The molecule has 100 valence electrons. The predicted octanol–water partition coefficient (Wildman–Crippen LogP) is -2.32. The minimum absolute atomic E-state index is 0.185. The number of carbonyl (C=O) groups excluding carboxylic acids is 1. The van der Waals surface area contributed by atoms with E-state index < -0.39 is 37.1 Å². The molecule has 0 aliphatic carbocycles. The Balaban J connectivity index is 2.17. The number of hydrogen-bond donors (Lipinski definition) is 3. The van der Waals surface area contributed by atoms with E-state index in [4.69, 9.17) is 9.84 Å². The van der Waals surface area contributed by atoms with E-state index in [9.17, 15) is 15.0 Å². The smallest absolute Gasteiger partial charge is 0.377 e. The Labute approximate surface area is 102 Å². The van der Waals surface area contributed by atoms with Crippen molar-refractivity contribution in [2.24, 2.45) is 0 Å². The van der Waals surface area contributed by atoms with Crippen molar-refractivity contribution in [2.75, 3.05) is 13.7 Å². The maximum Gasteiger partial charge on any atom is 0.377 e. The zero-order chi connectivity index (χ0) is 13.3. The zero-order valence-corrected chi connectivity index (χ0v) is 9.50. The molecule has 0 amide bonds. The first-order valence-electron chi connectivity index (χ1n) is 5.20. The number of aromatic nitrogens is 3. The first-order valence-corrected chi connectivity index (χ1v) is 5.20. The Bertz CT molecular complexity index is 436. The van der Waals surface area contributed by atoms with Crippen molar-refractivity contribution >= 4 is 5.97 Å². The minimum atomic E-state index is -1.27. The van der Waals surface area contributed by atoms with E-state index in [0.717, 1.165) is 4.68 Å². The summed E-state index contributed by atoms with van der Waals surface area (Å²) < 4.78 is 10.7. The number of esters is 1. The highest BCUT2D eigenvalue weighted by atomic mass is 16.6. The Morgan fingerprint density at radius 1 is 1.56 bits per heavy atom. The van der Waals surface area contributed by atoms with Crippen LogP contribution in [-0.2, 0) is 9.47 Å². The summed E-state index contributed by atoms with van der Waals surface area (Å²) in [5, 5.41) is 32.0. The number of hydrogen-bond acceptors (Lipinski definition) is 8. The van der Waals surface area contributed by atoms with Crippen molar-refractivity contribution in [3.63, 3.8) is 0 Å². The molecular formula is C9H13N3O6.